The number of alkyl halides is 1. The number of rotatable bonds is 2. The molecule has 0 aliphatic carbocycles. The van der Waals surface area contributed by atoms with Gasteiger partial charge in [0.25, 0.3) is 0 Å². The topological polar surface area (TPSA) is 17.8 Å². The van der Waals surface area contributed by atoms with Gasteiger partial charge in [-0.1, -0.05) is 12.1 Å². The molecule has 3 aromatic rings. The third-order valence-corrected chi connectivity index (χ3v) is 3.79. The number of hydrogen-bond acceptors (Lipinski definition) is 1. The van der Waals surface area contributed by atoms with E-state index >= 15 is 0 Å². The van der Waals surface area contributed by atoms with Crippen LogP contribution in [0, 0.1) is 5.82 Å². The molecule has 3 rings (SSSR count). The zero-order valence-electron chi connectivity index (χ0n) is 9.78. The van der Waals surface area contributed by atoms with Gasteiger partial charge in [-0.25, -0.2) is 9.37 Å². The first kappa shape index (κ1) is 12.6. The van der Waals surface area contributed by atoms with Crippen LogP contribution < -0.4 is 0 Å². The van der Waals surface area contributed by atoms with Crippen molar-refractivity contribution in [1.29, 1.82) is 0 Å². The lowest BCUT2D eigenvalue weighted by atomic mass is 10.2. The molecule has 0 spiro atoms. The Kier molecular flexibility index (Phi) is 3.29. The van der Waals surface area contributed by atoms with Crippen LogP contribution in [0.25, 0.3) is 16.7 Å². The van der Waals surface area contributed by atoms with E-state index in [9.17, 15) is 4.39 Å². The number of aromatic nitrogens is 2. The van der Waals surface area contributed by atoms with E-state index in [4.69, 9.17) is 11.6 Å². The summed E-state index contributed by atoms with van der Waals surface area (Å²) >= 11 is 9.09. The quantitative estimate of drug-likeness (QED) is 0.621. The normalized spacial score (nSPS) is 11.1. The van der Waals surface area contributed by atoms with Crippen molar-refractivity contribution in [2.75, 3.05) is 0 Å². The Labute approximate surface area is 123 Å². The van der Waals surface area contributed by atoms with Gasteiger partial charge in [0.1, 0.15) is 11.6 Å². The van der Waals surface area contributed by atoms with Crippen molar-refractivity contribution in [2.45, 2.75) is 5.88 Å². The second-order valence-electron chi connectivity index (χ2n) is 4.08. The second-order valence-corrected chi connectivity index (χ2v) is 5.21. The Morgan fingerprint density at radius 1 is 1.21 bits per heavy atom. The predicted octanol–water partition coefficient (Wildman–Crippen LogP) is 4.67. The van der Waals surface area contributed by atoms with E-state index < -0.39 is 0 Å². The minimum absolute atomic E-state index is 0.270. The zero-order valence-corrected chi connectivity index (χ0v) is 12.1. The molecule has 0 fully saturated rings. The number of para-hydroxylation sites is 2. The highest BCUT2D eigenvalue weighted by Crippen LogP contribution is 2.25. The van der Waals surface area contributed by atoms with E-state index in [2.05, 4.69) is 20.9 Å². The number of nitrogens with zero attached hydrogens (tertiary/aromatic N) is 2. The monoisotopic (exact) mass is 338 g/mol. The molecule has 0 saturated carbocycles. The van der Waals surface area contributed by atoms with Crippen molar-refractivity contribution in [3.8, 4) is 5.69 Å². The van der Waals surface area contributed by atoms with Crippen LogP contribution in [0.5, 0.6) is 0 Å². The van der Waals surface area contributed by atoms with E-state index in [-0.39, 0.29) is 11.7 Å². The summed E-state index contributed by atoms with van der Waals surface area (Å²) in [7, 11) is 0. The minimum atomic E-state index is -0.309. The third-order valence-electron chi connectivity index (χ3n) is 2.91. The molecule has 2 nitrogen and oxygen atoms in total. The SMILES string of the molecule is Fc1cc(-n2c(CCl)nc3ccccc32)ccc1Br. The van der Waals surface area contributed by atoms with Crippen LogP contribution in [0.15, 0.2) is 46.9 Å². The van der Waals surface area contributed by atoms with Gasteiger partial charge in [0.05, 0.1) is 27.1 Å². The molecule has 0 atom stereocenters. The standard InChI is InChI=1S/C14H9BrClFN2/c15-10-6-5-9(7-11(10)17)19-13-4-2-1-3-12(13)18-14(19)8-16/h1-7H,8H2. The molecule has 0 amide bonds. The fraction of sp³-hybridized carbons (Fsp3) is 0.0714. The van der Waals surface area contributed by atoms with Crippen molar-refractivity contribution in [1.82, 2.24) is 9.55 Å². The zero-order chi connectivity index (χ0) is 13.4. The second kappa shape index (κ2) is 4.94. The van der Waals surface area contributed by atoms with Gasteiger partial charge in [-0.15, -0.1) is 11.6 Å². The summed E-state index contributed by atoms with van der Waals surface area (Å²) in [6.07, 6.45) is 0. The Balaban J connectivity index is 2.31. The Morgan fingerprint density at radius 3 is 2.74 bits per heavy atom. The lowest BCUT2D eigenvalue weighted by molar-refractivity contribution is 0.620. The van der Waals surface area contributed by atoms with Gasteiger partial charge >= 0.3 is 0 Å². The molecule has 0 unspecified atom stereocenters. The molecule has 0 radical (unpaired) electrons. The number of hydrogen-bond donors (Lipinski definition) is 0. The molecule has 0 saturated heterocycles. The molecule has 1 heterocycles. The summed E-state index contributed by atoms with van der Waals surface area (Å²) in [5.74, 6) is 0.659. The van der Waals surface area contributed by atoms with E-state index in [1.54, 1.807) is 6.07 Å². The Bertz CT molecular complexity index is 754. The molecule has 2 aromatic carbocycles. The Hall–Kier alpha value is -1.39. The fourth-order valence-electron chi connectivity index (χ4n) is 2.08. The van der Waals surface area contributed by atoms with E-state index in [0.717, 1.165) is 11.0 Å². The van der Waals surface area contributed by atoms with Crippen LogP contribution in [0.1, 0.15) is 5.82 Å². The molecule has 96 valence electrons. The van der Waals surface area contributed by atoms with Crippen LogP contribution in [-0.2, 0) is 5.88 Å². The number of imidazole rings is 1. The molecular weight excluding hydrogens is 331 g/mol. The summed E-state index contributed by atoms with van der Waals surface area (Å²) in [5, 5.41) is 0. The number of benzene rings is 2. The molecule has 19 heavy (non-hydrogen) atoms. The van der Waals surface area contributed by atoms with Crippen LogP contribution in [-0.4, -0.2) is 9.55 Å². The molecule has 0 N–H and O–H groups in total. The summed E-state index contributed by atoms with van der Waals surface area (Å²) in [5.41, 5.74) is 2.48. The average molecular weight is 340 g/mol. The highest BCUT2D eigenvalue weighted by atomic mass is 79.9. The van der Waals surface area contributed by atoms with E-state index in [0.29, 0.717) is 16.0 Å². The first-order chi connectivity index (χ1) is 9.20. The molecule has 0 aliphatic rings. The smallest absolute Gasteiger partial charge is 0.139 e. The van der Waals surface area contributed by atoms with Gasteiger partial charge in [-0.05, 0) is 46.3 Å². The first-order valence-corrected chi connectivity index (χ1v) is 7.01. The molecule has 5 heteroatoms. The maximum atomic E-state index is 13.7. The molecular formula is C14H9BrClFN2. The summed E-state index contributed by atoms with van der Waals surface area (Å²) in [4.78, 5) is 4.46. The minimum Gasteiger partial charge on any atom is -0.295 e. The van der Waals surface area contributed by atoms with Crippen LogP contribution in [0.4, 0.5) is 4.39 Å². The first-order valence-electron chi connectivity index (χ1n) is 5.68. The number of fused-ring (bicyclic) bond motifs is 1. The Morgan fingerprint density at radius 2 is 2.00 bits per heavy atom. The average Bonchev–Trinajstić information content (AvgIpc) is 2.80. The largest absolute Gasteiger partial charge is 0.295 e. The van der Waals surface area contributed by atoms with E-state index in [1.165, 1.54) is 6.07 Å². The van der Waals surface area contributed by atoms with Crippen molar-refractivity contribution in [2.24, 2.45) is 0 Å². The predicted molar refractivity (Wildman–Crippen MR) is 78.3 cm³/mol. The van der Waals surface area contributed by atoms with Crippen molar-refractivity contribution in [3.05, 3.63) is 58.6 Å². The summed E-state index contributed by atoms with van der Waals surface area (Å²) in [6, 6.07) is 12.7. The molecule has 0 bridgehead atoms. The lowest BCUT2D eigenvalue weighted by Gasteiger charge is -2.08. The summed E-state index contributed by atoms with van der Waals surface area (Å²) in [6.45, 7) is 0. The van der Waals surface area contributed by atoms with Crippen LogP contribution in [0.3, 0.4) is 0 Å². The highest BCUT2D eigenvalue weighted by molar-refractivity contribution is 9.10. The molecule has 1 aromatic heterocycles. The highest BCUT2D eigenvalue weighted by Gasteiger charge is 2.12. The van der Waals surface area contributed by atoms with Crippen LogP contribution in [0.2, 0.25) is 0 Å². The van der Waals surface area contributed by atoms with Gasteiger partial charge in [0.15, 0.2) is 0 Å². The number of halogens is 3. The molecule has 0 aliphatic heterocycles. The summed E-state index contributed by atoms with van der Waals surface area (Å²) < 4.78 is 16.0. The van der Waals surface area contributed by atoms with Gasteiger partial charge in [-0.2, -0.15) is 0 Å². The van der Waals surface area contributed by atoms with Gasteiger partial charge < -0.3 is 0 Å². The van der Waals surface area contributed by atoms with Gasteiger partial charge in [0.2, 0.25) is 0 Å². The maximum absolute atomic E-state index is 13.7. The fourth-order valence-corrected chi connectivity index (χ4v) is 2.50. The third kappa shape index (κ3) is 2.15. The van der Waals surface area contributed by atoms with Gasteiger partial charge in [0, 0.05) is 0 Å². The van der Waals surface area contributed by atoms with Crippen molar-refractivity contribution >= 4 is 38.6 Å². The lowest BCUT2D eigenvalue weighted by Crippen LogP contribution is -1.99. The van der Waals surface area contributed by atoms with Gasteiger partial charge in [-0.3, -0.25) is 4.57 Å². The maximum Gasteiger partial charge on any atom is 0.139 e. The van der Waals surface area contributed by atoms with Crippen molar-refractivity contribution in [3.63, 3.8) is 0 Å². The van der Waals surface area contributed by atoms with Crippen LogP contribution >= 0.6 is 27.5 Å². The van der Waals surface area contributed by atoms with E-state index in [1.807, 2.05) is 34.9 Å². The van der Waals surface area contributed by atoms with Crippen molar-refractivity contribution < 1.29 is 4.39 Å².